The molecule has 5 rings (SSSR count). The van der Waals surface area contributed by atoms with E-state index in [1.807, 2.05) is 52.3 Å². The minimum absolute atomic E-state index is 0.0904. The Kier molecular flexibility index (Phi) is 7.39. The third kappa shape index (κ3) is 5.78. The average Bonchev–Trinajstić information content (AvgIpc) is 2.89. The van der Waals surface area contributed by atoms with Gasteiger partial charge in [-0.15, -0.1) is 0 Å². The van der Waals surface area contributed by atoms with E-state index in [4.69, 9.17) is 4.74 Å². The van der Waals surface area contributed by atoms with Gasteiger partial charge in [-0.05, 0) is 35.7 Å². The number of ether oxygens (including phenoxy) is 1. The number of carbonyl (C=O) groups excluding carboxylic acids is 1. The zero-order valence-corrected chi connectivity index (χ0v) is 20.4. The summed E-state index contributed by atoms with van der Waals surface area (Å²) in [6.07, 6.45) is -3.61. The molecule has 3 aliphatic heterocycles. The van der Waals surface area contributed by atoms with Crippen LogP contribution in [0.15, 0.2) is 48.5 Å². The number of morpholine rings is 1. The van der Waals surface area contributed by atoms with Crippen LogP contribution in [-0.2, 0) is 22.5 Å². The second kappa shape index (κ2) is 10.7. The van der Waals surface area contributed by atoms with E-state index in [9.17, 15) is 18.0 Å². The van der Waals surface area contributed by atoms with Gasteiger partial charge in [0, 0.05) is 63.7 Å². The quantitative estimate of drug-likeness (QED) is 0.606. The maximum atomic E-state index is 14.0. The van der Waals surface area contributed by atoms with Gasteiger partial charge in [0.1, 0.15) is 0 Å². The molecule has 0 spiro atoms. The molecule has 0 radical (unpaired) electrons. The van der Waals surface area contributed by atoms with Gasteiger partial charge in [-0.25, -0.2) is 0 Å². The standard InChI is InChI=1S/C27H33F3N4O2/c28-27(29,30)23(18-31-9-8-21-4-1-2-5-22(21)17-31)19-34-11-10-33(20-26(34)35)25-7-3-6-24(16-25)32-12-14-36-15-13-32/h1-7,16,23H,8-15,17-20H2. The molecule has 2 saturated heterocycles. The summed E-state index contributed by atoms with van der Waals surface area (Å²) in [5, 5.41) is 0. The molecule has 3 heterocycles. The Morgan fingerprint density at radius 3 is 2.25 bits per heavy atom. The number of carbonyl (C=O) groups is 1. The molecule has 2 aromatic rings. The predicted molar refractivity (Wildman–Crippen MR) is 133 cm³/mol. The number of anilines is 2. The van der Waals surface area contributed by atoms with Gasteiger partial charge in [0.25, 0.3) is 0 Å². The minimum atomic E-state index is -4.36. The maximum absolute atomic E-state index is 14.0. The number of nitrogens with zero attached hydrogens (tertiary/aromatic N) is 4. The summed E-state index contributed by atoms with van der Waals surface area (Å²) in [6.45, 7) is 4.64. The number of hydrogen-bond donors (Lipinski definition) is 0. The van der Waals surface area contributed by atoms with E-state index in [-0.39, 0.29) is 32.1 Å². The van der Waals surface area contributed by atoms with Crippen molar-refractivity contribution >= 4 is 17.3 Å². The van der Waals surface area contributed by atoms with Crippen LogP contribution < -0.4 is 9.80 Å². The summed E-state index contributed by atoms with van der Waals surface area (Å²) >= 11 is 0. The van der Waals surface area contributed by atoms with Crippen molar-refractivity contribution in [1.82, 2.24) is 9.80 Å². The van der Waals surface area contributed by atoms with E-state index in [1.165, 1.54) is 10.5 Å². The van der Waals surface area contributed by atoms with E-state index in [0.717, 1.165) is 36.4 Å². The van der Waals surface area contributed by atoms with E-state index < -0.39 is 12.1 Å². The van der Waals surface area contributed by atoms with Gasteiger partial charge in [-0.3, -0.25) is 9.69 Å². The van der Waals surface area contributed by atoms with Gasteiger partial charge >= 0.3 is 6.18 Å². The fourth-order valence-electron chi connectivity index (χ4n) is 5.38. The van der Waals surface area contributed by atoms with E-state index >= 15 is 0 Å². The Morgan fingerprint density at radius 1 is 0.806 bits per heavy atom. The molecule has 2 aromatic carbocycles. The van der Waals surface area contributed by atoms with Crippen LogP contribution in [0.25, 0.3) is 0 Å². The lowest BCUT2D eigenvalue weighted by atomic mass is 9.98. The first kappa shape index (κ1) is 24.9. The normalized spacial score (nSPS) is 20.4. The van der Waals surface area contributed by atoms with E-state index in [1.54, 1.807) is 0 Å². The summed E-state index contributed by atoms with van der Waals surface area (Å²) in [5.74, 6) is -1.82. The largest absolute Gasteiger partial charge is 0.394 e. The zero-order chi connectivity index (χ0) is 25.1. The lowest BCUT2D eigenvalue weighted by Gasteiger charge is -2.39. The van der Waals surface area contributed by atoms with Crippen LogP contribution in [0.5, 0.6) is 0 Å². The second-order valence-electron chi connectivity index (χ2n) is 9.87. The van der Waals surface area contributed by atoms with Crippen molar-refractivity contribution < 1.29 is 22.7 Å². The van der Waals surface area contributed by atoms with E-state index in [0.29, 0.717) is 32.8 Å². The Bertz CT molecular complexity index is 1060. The Balaban J connectivity index is 1.20. The van der Waals surface area contributed by atoms with Crippen molar-refractivity contribution in [2.45, 2.75) is 19.1 Å². The van der Waals surface area contributed by atoms with Crippen LogP contribution >= 0.6 is 0 Å². The number of benzene rings is 2. The van der Waals surface area contributed by atoms with Gasteiger partial charge in [0.05, 0.1) is 25.7 Å². The average molecular weight is 503 g/mol. The molecule has 6 nitrogen and oxygen atoms in total. The van der Waals surface area contributed by atoms with Crippen molar-refractivity contribution in [2.75, 3.05) is 75.4 Å². The lowest BCUT2D eigenvalue weighted by molar-refractivity contribution is -0.185. The predicted octanol–water partition coefficient (Wildman–Crippen LogP) is 3.41. The second-order valence-corrected chi connectivity index (χ2v) is 9.87. The van der Waals surface area contributed by atoms with Gasteiger partial charge < -0.3 is 19.4 Å². The first-order valence-electron chi connectivity index (χ1n) is 12.7. The zero-order valence-electron chi connectivity index (χ0n) is 20.4. The molecule has 1 atom stereocenters. The topological polar surface area (TPSA) is 39.3 Å². The van der Waals surface area contributed by atoms with Crippen LogP contribution in [0.4, 0.5) is 24.5 Å². The number of fused-ring (bicyclic) bond motifs is 1. The van der Waals surface area contributed by atoms with Crippen LogP contribution in [0, 0.1) is 5.92 Å². The third-order valence-corrected chi connectivity index (χ3v) is 7.48. The van der Waals surface area contributed by atoms with Crippen LogP contribution in [-0.4, -0.2) is 87.5 Å². The van der Waals surface area contributed by atoms with Gasteiger partial charge in [-0.2, -0.15) is 13.2 Å². The van der Waals surface area contributed by atoms with Gasteiger partial charge in [0.2, 0.25) is 5.91 Å². The first-order valence-corrected chi connectivity index (χ1v) is 12.7. The molecule has 1 amide bonds. The van der Waals surface area contributed by atoms with Gasteiger partial charge in [-0.1, -0.05) is 30.3 Å². The Labute approximate surface area is 210 Å². The number of amides is 1. The number of alkyl halides is 3. The summed E-state index contributed by atoms with van der Waals surface area (Å²) in [5.41, 5.74) is 4.30. The summed E-state index contributed by atoms with van der Waals surface area (Å²) in [6, 6.07) is 16.0. The number of piperazine rings is 1. The number of rotatable bonds is 6. The highest BCUT2D eigenvalue weighted by atomic mass is 19.4. The molecule has 2 fully saturated rings. The highest BCUT2D eigenvalue weighted by Gasteiger charge is 2.43. The molecule has 0 aromatic heterocycles. The SMILES string of the molecule is O=C1CN(c2cccc(N3CCOCC3)c2)CCN1CC(CN1CCc2ccccc2C1)C(F)(F)F. The van der Waals surface area contributed by atoms with Gasteiger partial charge in [0.15, 0.2) is 0 Å². The summed E-state index contributed by atoms with van der Waals surface area (Å²) in [4.78, 5) is 20.4. The fourth-order valence-corrected chi connectivity index (χ4v) is 5.38. The van der Waals surface area contributed by atoms with Crippen molar-refractivity contribution in [2.24, 2.45) is 5.92 Å². The first-order chi connectivity index (χ1) is 17.4. The molecule has 36 heavy (non-hydrogen) atoms. The Morgan fingerprint density at radius 2 is 1.53 bits per heavy atom. The smallest absolute Gasteiger partial charge is 0.378 e. The molecule has 0 saturated carbocycles. The summed E-state index contributed by atoms with van der Waals surface area (Å²) < 4.78 is 47.5. The van der Waals surface area contributed by atoms with Crippen molar-refractivity contribution in [3.63, 3.8) is 0 Å². The lowest BCUT2D eigenvalue weighted by Crippen LogP contribution is -2.54. The highest BCUT2D eigenvalue weighted by Crippen LogP contribution is 2.31. The molecule has 194 valence electrons. The van der Waals surface area contributed by atoms with Crippen LogP contribution in [0.1, 0.15) is 11.1 Å². The molecule has 0 N–H and O–H groups in total. The number of hydrogen-bond acceptors (Lipinski definition) is 5. The molecular weight excluding hydrogens is 469 g/mol. The summed E-state index contributed by atoms with van der Waals surface area (Å²) in [7, 11) is 0. The molecular formula is C27H33F3N4O2. The van der Waals surface area contributed by atoms with E-state index in [2.05, 4.69) is 11.0 Å². The highest BCUT2D eigenvalue weighted by molar-refractivity contribution is 5.83. The fraction of sp³-hybridized carbons (Fsp3) is 0.519. The Hall–Kier alpha value is -2.78. The van der Waals surface area contributed by atoms with Crippen LogP contribution in [0.2, 0.25) is 0 Å². The molecule has 1 unspecified atom stereocenters. The molecule has 0 aliphatic carbocycles. The third-order valence-electron chi connectivity index (χ3n) is 7.48. The van der Waals surface area contributed by atoms with Crippen molar-refractivity contribution in [3.8, 4) is 0 Å². The minimum Gasteiger partial charge on any atom is -0.378 e. The molecule has 3 aliphatic rings. The monoisotopic (exact) mass is 502 g/mol. The maximum Gasteiger partial charge on any atom is 0.394 e. The van der Waals surface area contributed by atoms with Crippen molar-refractivity contribution in [3.05, 3.63) is 59.7 Å². The van der Waals surface area contributed by atoms with Crippen LogP contribution in [0.3, 0.4) is 0 Å². The molecule has 9 heteroatoms. The molecule has 0 bridgehead atoms. The van der Waals surface area contributed by atoms with Crippen molar-refractivity contribution in [1.29, 1.82) is 0 Å². The number of halogens is 3.